The Morgan fingerprint density at radius 3 is 0.579 bits per heavy atom. The van der Waals surface area contributed by atoms with Crippen LogP contribution < -0.4 is 0 Å². The number of rotatable bonds is 33. The van der Waals surface area contributed by atoms with Gasteiger partial charge in [-0.25, -0.2) is 0 Å². The van der Waals surface area contributed by atoms with Crippen molar-refractivity contribution >= 4 is 0 Å². The molecule has 0 aromatic carbocycles. The van der Waals surface area contributed by atoms with E-state index in [1.54, 1.807) is 0 Å². The van der Waals surface area contributed by atoms with Gasteiger partial charge in [-0.05, 0) is 11.8 Å². The van der Waals surface area contributed by atoms with Crippen molar-refractivity contribution in [2.75, 3.05) is 0 Å². The summed E-state index contributed by atoms with van der Waals surface area (Å²) in [7, 11) is 0. The molecular formula is C38H78. The Morgan fingerprint density at radius 1 is 0.237 bits per heavy atom. The van der Waals surface area contributed by atoms with Crippen molar-refractivity contribution in [2.24, 2.45) is 11.8 Å². The van der Waals surface area contributed by atoms with Crippen LogP contribution in [0.3, 0.4) is 0 Å². The Labute approximate surface area is 244 Å². The lowest BCUT2D eigenvalue weighted by Gasteiger charge is -2.12. The van der Waals surface area contributed by atoms with Gasteiger partial charge >= 0.3 is 0 Å². The summed E-state index contributed by atoms with van der Waals surface area (Å²) in [4.78, 5) is 0. The highest BCUT2D eigenvalue weighted by Crippen LogP contribution is 2.21. The van der Waals surface area contributed by atoms with Gasteiger partial charge in [0.2, 0.25) is 0 Å². The molecule has 0 amide bonds. The first-order valence-electron chi connectivity index (χ1n) is 18.7. The van der Waals surface area contributed by atoms with Crippen LogP contribution in [-0.4, -0.2) is 0 Å². The minimum Gasteiger partial charge on any atom is -0.0654 e. The quantitative estimate of drug-likeness (QED) is 0.0734. The fourth-order valence-corrected chi connectivity index (χ4v) is 6.30. The topological polar surface area (TPSA) is 0 Å². The molecule has 0 fully saturated rings. The van der Waals surface area contributed by atoms with E-state index in [1.807, 2.05) is 0 Å². The van der Waals surface area contributed by atoms with Gasteiger partial charge in [0.25, 0.3) is 0 Å². The van der Waals surface area contributed by atoms with Crippen LogP contribution >= 0.6 is 0 Å². The molecular weight excluding hydrogens is 456 g/mol. The molecule has 0 nitrogen and oxygen atoms in total. The van der Waals surface area contributed by atoms with Crippen LogP contribution in [0.5, 0.6) is 0 Å². The summed E-state index contributed by atoms with van der Waals surface area (Å²) < 4.78 is 0. The first kappa shape index (κ1) is 38.0. The van der Waals surface area contributed by atoms with E-state index >= 15 is 0 Å². The molecule has 0 saturated heterocycles. The molecule has 0 aromatic heterocycles. The highest BCUT2D eigenvalue weighted by Gasteiger charge is 2.04. The summed E-state index contributed by atoms with van der Waals surface area (Å²) in [6.45, 7) is 9.63. The average molecular weight is 535 g/mol. The zero-order valence-electron chi connectivity index (χ0n) is 27.8. The fourth-order valence-electron chi connectivity index (χ4n) is 6.30. The summed E-state index contributed by atoms with van der Waals surface area (Å²) in [5.74, 6) is 1.93. The molecule has 0 rings (SSSR count). The van der Waals surface area contributed by atoms with Gasteiger partial charge in [-0.15, -0.1) is 0 Å². The molecule has 0 spiro atoms. The predicted molar refractivity (Wildman–Crippen MR) is 177 cm³/mol. The summed E-state index contributed by atoms with van der Waals surface area (Å²) >= 11 is 0. The number of hydrogen-bond donors (Lipinski definition) is 0. The molecule has 2 atom stereocenters. The van der Waals surface area contributed by atoms with Crippen molar-refractivity contribution in [2.45, 2.75) is 233 Å². The number of hydrogen-bond acceptors (Lipinski definition) is 0. The van der Waals surface area contributed by atoms with Crippen molar-refractivity contribution in [3.8, 4) is 0 Å². The van der Waals surface area contributed by atoms with Gasteiger partial charge in [0.1, 0.15) is 0 Å². The number of unbranched alkanes of at least 4 members (excludes halogenated alkanes) is 25. The van der Waals surface area contributed by atoms with E-state index in [4.69, 9.17) is 0 Å². The van der Waals surface area contributed by atoms with Crippen LogP contribution in [0.4, 0.5) is 0 Å². The van der Waals surface area contributed by atoms with Crippen molar-refractivity contribution in [3.63, 3.8) is 0 Å². The molecule has 38 heavy (non-hydrogen) atoms. The summed E-state index contributed by atoms with van der Waals surface area (Å²) in [5.41, 5.74) is 0. The molecule has 230 valence electrons. The fraction of sp³-hybridized carbons (Fsp3) is 1.00. The molecule has 0 N–H and O–H groups in total. The molecule has 2 unspecified atom stereocenters. The molecule has 0 heteroatoms. The molecule has 0 radical (unpaired) electrons. The van der Waals surface area contributed by atoms with Crippen LogP contribution in [0.15, 0.2) is 0 Å². The van der Waals surface area contributed by atoms with Crippen LogP contribution in [0.1, 0.15) is 233 Å². The third-order valence-corrected chi connectivity index (χ3v) is 9.24. The largest absolute Gasteiger partial charge is 0.0654 e. The highest BCUT2D eigenvalue weighted by molar-refractivity contribution is 4.58. The molecule has 0 aliphatic heterocycles. The zero-order chi connectivity index (χ0) is 27.8. The van der Waals surface area contributed by atoms with Crippen molar-refractivity contribution in [1.82, 2.24) is 0 Å². The molecule has 0 aliphatic carbocycles. The van der Waals surface area contributed by atoms with Crippen molar-refractivity contribution < 1.29 is 0 Å². The SMILES string of the molecule is CCCCCCCCCCCCCCC(C)CCCCCCCCCC(C)CCCCCCCCCCC. The van der Waals surface area contributed by atoms with E-state index < -0.39 is 0 Å². The minimum absolute atomic E-state index is 0.963. The lowest BCUT2D eigenvalue weighted by molar-refractivity contribution is 0.421. The Balaban J connectivity index is 3.23. The van der Waals surface area contributed by atoms with Gasteiger partial charge in [-0.1, -0.05) is 233 Å². The van der Waals surface area contributed by atoms with Crippen LogP contribution in [0, 0.1) is 11.8 Å². The second-order valence-electron chi connectivity index (χ2n) is 13.6. The maximum absolute atomic E-state index is 2.51. The van der Waals surface area contributed by atoms with Crippen LogP contribution in [-0.2, 0) is 0 Å². The third kappa shape index (κ3) is 32.2. The summed E-state index contributed by atoms with van der Waals surface area (Å²) in [5, 5.41) is 0. The van der Waals surface area contributed by atoms with Gasteiger partial charge in [0.15, 0.2) is 0 Å². The van der Waals surface area contributed by atoms with E-state index in [0.717, 1.165) is 11.8 Å². The van der Waals surface area contributed by atoms with Crippen molar-refractivity contribution in [3.05, 3.63) is 0 Å². The Bertz CT molecular complexity index is 399. The van der Waals surface area contributed by atoms with Crippen molar-refractivity contribution in [1.29, 1.82) is 0 Å². The van der Waals surface area contributed by atoms with Gasteiger partial charge in [0, 0.05) is 0 Å². The minimum atomic E-state index is 0.963. The molecule has 0 saturated carbocycles. The van der Waals surface area contributed by atoms with Gasteiger partial charge in [-0.3, -0.25) is 0 Å². The first-order valence-corrected chi connectivity index (χ1v) is 18.7. The van der Waals surface area contributed by atoms with Crippen LogP contribution in [0.2, 0.25) is 0 Å². The third-order valence-electron chi connectivity index (χ3n) is 9.24. The Kier molecular flexibility index (Phi) is 33.2. The maximum atomic E-state index is 2.51. The zero-order valence-corrected chi connectivity index (χ0v) is 27.8. The van der Waals surface area contributed by atoms with Gasteiger partial charge in [0.05, 0.1) is 0 Å². The predicted octanol–water partition coefficient (Wildman–Crippen LogP) is 14.8. The molecule has 0 aliphatic rings. The maximum Gasteiger partial charge on any atom is -0.0443 e. The molecule has 0 aromatic rings. The normalized spacial score (nSPS) is 13.3. The molecule has 0 heterocycles. The Morgan fingerprint density at radius 2 is 0.395 bits per heavy atom. The second kappa shape index (κ2) is 33.2. The summed E-state index contributed by atoms with van der Waals surface area (Å²) in [6, 6.07) is 0. The van der Waals surface area contributed by atoms with Crippen LogP contribution in [0.25, 0.3) is 0 Å². The van der Waals surface area contributed by atoms with Gasteiger partial charge in [-0.2, -0.15) is 0 Å². The van der Waals surface area contributed by atoms with Gasteiger partial charge < -0.3 is 0 Å². The lowest BCUT2D eigenvalue weighted by Crippen LogP contribution is -1.96. The smallest absolute Gasteiger partial charge is 0.0443 e. The second-order valence-corrected chi connectivity index (χ2v) is 13.6. The van der Waals surface area contributed by atoms with E-state index in [9.17, 15) is 0 Å². The van der Waals surface area contributed by atoms with E-state index in [-0.39, 0.29) is 0 Å². The first-order chi connectivity index (χ1) is 18.7. The lowest BCUT2D eigenvalue weighted by atomic mass is 9.95. The average Bonchev–Trinajstić information content (AvgIpc) is 2.91. The van der Waals surface area contributed by atoms with E-state index in [2.05, 4.69) is 27.7 Å². The summed E-state index contributed by atoms with van der Waals surface area (Å²) in [6.07, 6.45) is 47.1. The standard InChI is InChI=1S/C38H78/c1-5-7-9-11-13-15-16-17-19-22-26-30-34-38(4)36-32-28-24-20-23-27-31-35-37(3)33-29-25-21-18-14-12-10-8-6-2/h37-38H,5-36H2,1-4H3. The molecule has 0 bridgehead atoms. The van der Waals surface area contributed by atoms with E-state index in [1.165, 1.54) is 205 Å². The van der Waals surface area contributed by atoms with E-state index in [0.29, 0.717) is 0 Å². The monoisotopic (exact) mass is 535 g/mol. The highest BCUT2D eigenvalue weighted by atomic mass is 14.1. The Hall–Kier alpha value is 0.